The van der Waals surface area contributed by atoms with Crippen LogP contribution in [0.1, 0.15) is 55.2 Å². The van der Waals surface area contributed by atoms with E-state index >= 15 is 0 Å². The Morgan fingerprint density at radius 2 is 2.00 bits per heavy atom. The van der Waals surface area contributed by atoms with E-state index in [4.69, 9.17) is 0 Å². The van der Waals surface area contributed by atoms with Gasteiger partial charge in [0.15, 0.2) is 0 Å². The molecule has 3 heterocycles. The molecule has 1 aliphatic heterocycles. The number of carbonyl (C=O) groups is 1. The van der Waals surface area contributed by atoms with Gasteiger partial charge in [0.25, 0.3) is 5.56 Å². The first-order valence-electron chi connectivity index (χ1n) is 9.19. The summed E-state index contributed by atoms with van der Waals surface area (Å²) >= 11 is 0. The molecule has 1 saturated carbocycles. The Morgan fingerprint density at radius 3 is 2.77 bits per heavy atom. The van der Waals surface area contributed by atoms with Gasteiger partial charge in [0, 0.05) is 13.1 Å². The van der Waals surface area contributed by atoms with Gasteiger partial charge >= 0.3 is 6.03 Å². The average molecular weight is 356 g/mol. The molecule has 26 heavy (non-hydrogen) atoms. The number of aromatic nitrogens is 4. The molecule has 2 aliphatic rings. The second-order valence-corrected chi connectivity index (χ2v) is 7.19. The molecular weight excluding hydrogens is 332 g/mol. The van der Waals surface area contributed by atoms with Gasteiger partial charge in [-0.15, -0.1) is 0 Å². The normalized spacial score (nSPS) is 17.4. The van der Waals surface area contributed by atoms with Gasteiger partial charge in [-0.3, -0.25) is 14.7 Å². The molecule has 8 heteroatoms. The molecule has 8 nitrogen and oxygen atoms in total. The van der Waals surface area contributed by atoms with Crippen LogP contribution in [0.5, 0.6) is 0 Å². The van der Waals surface area contributed by atoms with Crippen molar-refractivity contribution in [1.82, 2.24) is 24.2 Å². The number of hydrogen-bond donors (Lipinski definition) is 1. The first-order valence-corrected chi connectivity index (χ1v) is 9.19. The largest absolute Gasteiger partial charge is 0.323 e. The van der Waals surface area contributed by atoms with Crippen molar-refractivity contribution in [1.29, 1.82) is 0 Å². The smallest absolute Gasteiger partial charge is 0.314 e. The summed E-state index contributed by atoms with van der Waals surface area (Å²) in [6, 6.07) is 1.96. The summed E-state index contributed by atoms with van der Waals surface area (Å²) in [4.78, 5) is 31.2. The van der Waals surface area contributed by atoms with Crippen LogP contribution < -0.4 is 10.9 Å². The Morgan fingerprint density at radius 1 is 1.23 bits per heavy atom. The number of amides is 2. The van der Waals surface area contributed by atoms with E-state index in [1.807, 2.05) is 10.7 Å². The summed E-state index contributed by atoms with van der Waals surface area (Å²) < 4.78 is 3.46. The molecule has 0 saturated heterocycles. The van der Waals surface area contributed by atoms with Crippen molar-refractivity contribution in [3.05, 3.63) is 39.7 Å². The van der Waals surface area contributed by atoms with Crippen LogP contribution in [0.4, 0.5) is 10.6 Å². The lowest BCUT2D eigenvalue weighted by Crippen LogP contribution is -2.32. The van der Waals surface area contributed by atoms with Gasteiger partial charge in [-0.2, -0.15) is 5.10 Å². The highest BCUT2D eigenvalue weighted by atomic mass is 16.2. The van der Waals surface area contributed by atoms with Crippen LogP contribution in [0.25, 0.3) is 0 Å². The summed E-state index contributed by atoms with van der Waals surface area (Å²) in [6.45, 7) is 2.45. The van der Waals surface area contributed by atoms with Gasteiger partial charge in [-0.1, -0.05) is 19.3 Å². The second kappa shape index (κ2) is 6.59. The lowest BCUT2D eigenvalue weighted by Gasteiger charge is -2.24. The van der Waals surface area contributed by atoms with Crippen molar-refractivity contribution < 1.29 is 4.79 Å². The van der Waals surface area contributed by atoms with E-state index in [0.29, 0.717) is 36.2 Å². The van der Waals surface area contributed by atoms with Crippen molar-refractivity contribution >= 4 is 11.8 Å². The number of nitrogens with zero attached hydrogens (tertiary/aromatic N) is 5. The highest BCUT2D eigenvalue weighted by Crippen LogP contribution is 2.30. The number of anilines is 1. The third-order valence-corrected chi connectivity index (χ3v) is 5.50. The van der Waals surface area contributed by atoms with Crippen molar-refractivity contribution in [2.24, 2.45) is 7.05 Å². The zero-order valence-electron chi connectivity index (χ0n) is 15.2. The molecule has 0 radical (unpaired) electrons. The lowest BCUT2D eigenvalue weighted by molar-refractivity contribution is 0.211. The Balaban J connectivity index is 1.49. The second-order valence-electron chi connectivity index (χ2n) is 7.19. The fourth-order valence-corrected chi connectivity index (χ4v) is 3.89. The monoisotopic (exact) mass is 356 g/mol. The van der Waals surface area contributed by atoms with Crippen LogP contribution in [0.3, 0.4) is 0 Å². The first kappa shape index (κ1) is 16.8. The van der Waals surface area contributed by atoms with E-state index in [0.717, 1.165) is 18.7 Å². The Bertz CT molecular complexity index is 894. The third kappa shape index (κ3) is 2.89. The summed E-state index contributed by atoms with van der Waals surface area (Å²) in [7, 11) is 1.70. The van der Waals surface area contributed by atoms with E-state index in [9.17, 15) is 9.59 Å². The van der Waals surface area contributed by atoms with Gasteiger partial charge in [0.2, 0.25) is 0 Å². The van der Waals surface area contributed by atoms with Crippen molar-refractivity contribution in [3.63, 3.8) is 0 Å². The summed E-state index contributed by atoms with van der Waals surface area (Å²) in [5, 5.41) is 7.38. The molecule has 2 amide bonds. The highest BCUT2D eigenvalue weighted by Gasteiger charge is 2.29. The molecule has 4 rings (SSSR count). The topological polar surface area (TPSA) is 85.1 Å². The average Bonchev–Trinajstić information content (AvgIpc) is 3.27. The molecule has 138 valence electrons. The third-order valence-electron chi connectivity index (χ3n) is 5.50. The molecule has 1 fully saturated rings. The van der Waals surface area contributed by atoms with Gasteiger partial charge in [0.1, 0.15) is 11.6 Å². The van der Waals surface area contributed by atoms with Gasteiger partial charge in [-0.25, -0.2) is 14.5 Å². The minimum atomic E-state index is -0.222. The van der Waals surface area contributed by atoms with E-state index < -0.39 is 0 Å². The molecule has 1 N–H and O–H groups in total. The molecule has 0 atom stereocenters. The molecule has 2 aromatic rings. The summed E-state index contributed by atoms with van der Waals surface area (Å²) in [5.41, 5.74) is 1.23. The van der Waals surface area contributed by atoms with Crippen molar-refractivity contribution in [2.75, 3.05) is 5.32 Å². The number of fused-ring (bicyclic) bond motifs is 1. The standard InChI is InChI=1S/C18H24N6O2/c1-12-20-15-11-23(10-14(15)17(25)22(12)2)18(26)21-16-8-9-19-24(16)13-6-4-3-5-7-13/h8-9,13H,3-7,10-11H2,1-2H3,(H,21,26). The van der Waals surface area contributed by atoms with Gasteiger partial charge < -0.3 is 4.90 Å². The Labute approximate surface area is 151 Å². The molecule has 0 spiro atoms. The quantitative estimate of drug-likeness (QED) is 0.895. The lowest BCUT2D eigenvalue weighted by atomic mass is 9.96. The predicted octanol–water partition coefficient (Wildman–Crippen LogP) is 2.34. The number of carbonyl (C=O) groups excluding carboxylic acids is 1. The van der Waals surface area contributed by atoms with Crippen LogP contribution >= 0.6 is 0 Å². The number of hydrogen-bond acceptors (Lipinski definition) is 4. The molecule has 0 aromatic carbocycles. The Hall–Kier alpha value is -2.64. The van der Waals surface area contributed by atoms with Gasteiger partial charge in [-0.05, 0) is 19.8 Å². The molecule has 0 unspecified atom stereocenters. The van der Waals surface area contributed by atoms with Crippen LogP contribution in [-0.4, -0.2) is 30.3 Å². The number of rotatable bonds is 2. The predicted molar refractivity (Wildman–Crippen MR) is 96.8 cm³/mol. The first-order chi connectivity index (χ1) is 12.5. The van der Waals surface area contributed by atoms with Crippen molar-refractivity contribution in [2.45, 2.75) is 58.2 Å². The maximum Gasteiger partial charge on any atom is 0.323 e. The van der Waals surface area contributed by atoms with Crippen molar-refractivity contribution in [3.8, 4) is 0 Å². The maximum atomic E-state index is 12.7. The zero-order chi connectivity index (χ0) is 18.3. The fourth-order valence-electron chi connectivity index (χ4n) is 3.89. The van der Waals surface area contributed by atoms with Gasteiger partial charge in [0.05, 0.1) is 36.6 Å². The Kier molecular flexibility index (Phi) is 4.26. The van der Waals surface area contributed by atoms with Crippen LogP contribution in [0.15, 0.2) is 17.1 Å². The minimum absolute atomic E-state index is 0.0740. The SMILES string of the molecule is Cc1nc2c(c(=O)n1C)CN(C(=O)Nc1ccnn1C1CCCCC1)C2. The molecule has 1 aliphatic carbocycles. The van der Waals surface area contributed by atoms with E-state index in [-0.39, 0.29) is 11.6 Å². The summed E-state index contributed by atoms with van der Waals surface area (Å²) in [6.07, 6.45) is 7.59. The number of urea groups is 1. The fraction of sp³-hybridized carbons (Fsp3) is 0.556. The highest BCUT2D eigenvalue weighted by molar-refractivity contribution is 5.88. The molecule has 0 bridgehead atoms. The van der Waals surface area contributed by atoms with Crippen LogP contribution in [-0.2, 0) is 20.1 Å². The zero-order valence-corrected chi connectivity index (χ0v) is 15.2. The maximum absolute atomic E-state index is 12.7. The number of aryl methyl sites for hydroxylation is 1. The number of nitrogens with one attached hydrogen (secondary N) is 1. The molecular formula is C18H24N6O2. The van der Waals surface area contributed by atoms with E-state index in [1.165, 1.54) is 23.8 Å². The van der Waals surface area contributed by atoms with E-state index in [1.54, 1.807) is 25.1 Å². The summed E-state index contributed by atoms with van der Waals surface area (Å²) in [5.74, 6) is 1.38. The van der Waals surface area contributed by atoms with Crippen LogP contribution in [0, 0.1) is 6.92 Å². The van der Waals surface area contributed by atoms with Crippen LogP contribution in [0.2, 0.25) is 0 Å². The minimum Gasteiger partial charge on any atom is -0.314 e. The molecule has 2 aromatic heterocycles. The van der Waals surface area contributed by atoms with E-state index in [2.05, 4.69) is 15.4 Å².